The van der Waals surface area contributed by atoms with Crippen LogP contribution in [0.25, 0.3) is 0 Å². The number of rotatable bonds is 6. The summed E-state index contributed by atoms with van der Waals surface area (Å²) in [4.78, 5) is 4.36. The number of halogens is 2. The summed E-state index contributed by atoms with van der Waals surface area (Å²) < 4.78 is 19.6. The van der Waals surface area contributed by atoms with E-state index in [0.29, 0.717) is 18.1 Å². The smallest absolute Gasteiger partial charge is 0.193 e. The summed E-state index contributed by atoms with van der Waals surface area (Å²) in [6, 6.07) is 14.3. The summed E-state index contributed by atoms with van der Waals surface area (Å²) in [5.74, 6) is 0.869. The van der Waals surface area contributed by atoms with Gasteiger partial charge in [-0.1, -0.05) is 32.0 Å². The molecule has 0 heterocycles. The van der Waals surface area contributed by atoms with Gasteiger partial charge in [-0.15, -0.1) is 24.0 Å². The van der Waals surface area contributed by atoms with E-state index in [9.17, 15) is 4.39 Å². The Hall–Kier alpha value is -1.83. The van der Waals surface area contributed by atoms with Crippen LogP contribution in [0.1, 0.15) is 33.3 Å². The topological polar surface area (TPSA) is 59.6 Å². The molecular formula is C20H27FIN3O. The molecule has 0 spiro atoms. The summed E-state index contributed by atoms with van der Waals surface area (Å²) in [6.07, 6.45) is 0.131. The Balaban J connectivity index is 0.00000338. The van der Waals surface area contributed by atoms with Crippen LogP contribution in [-0.4, -0.2) is 18.6 Å². The standard InChI is InChI=1S/C20H26FN3O.HI/c1-14(2)25-16-11-9-15(10-12-16)24-19(22)23-13-20(3,4)17-7-5-6-8-18(17)21;/h5-12,14H,13H2,1-4H3,(H3,22,23,24);1H. The van der Waals surface area contributed by atoms with Crippen LogP contribution in [0.15, 0.2) is 53.5 Å². The van der Waals surface area contributed by atoms with Crippen molar-refractivity contribution in [2.45, 2.75) is 39.2 Å². The maximum absolute atomic E-state index is 14.0. The summed E-state index contributed by atoms with van der Waals surface area (Å²) in [7, 11) is 0. The SMILES string of the molecule is CC(C)Oc1ccc(NC(N)=NCC(C)(C)c2ccccc2F)cc1.I. The highest BCUT2D eigenvalue weighted by atomic mass is 127. The maximum Gasteiger partial charge on any atom is 0.193 e. The van der Waals surface area contributed by atoms with Gasteiger partial charge in [0.25, 0.3) is 0 Å². The van der Waals surface area contributed by atoms with Gasteiger partial charge in [0.05, 0.1) is 12.6 Å². The molecule has 0 aliphatic heterocycles. The number of hydrogen-bond acceptors (Lipinski definition) is 2. The third-order valence-electron chi connectivity index (χ3n) is 3.75. The fourth-order valence-electron chi connectivity index (χ4n) is 2.45. The zero-order valence-corrected chi connectivity index (χ0v) is 18.0. The van der Waals surface area contributed by atoms with E-state index < -0.39 is 5.41 Å². The van der Waals surface area contributed by atoms with Gasteiger partial charge in [0.15, 0.2) is 5.96 Å². The summed E-state index contributed by atoms with van der Waals surface area (Å²) in [6.45, 7) is 8.23. The van der Waals surface area contributed by atoms with E-state index in [2.05, 4.69) is 10.3 Å². The predicted molar refractivity (Wildman–Crippen MR) is 117 cm³/mol. The quantitative estimate of drug-likeness (QED) is 0.357. The van der Waals surface area contributed by atoms with E-state index in [1.165, 1.54) is 6.07 Å². The van der Waals surface area contributed by atoms with Crippen molar-refractivity contribution in [2.24, 2.45) is 10.7 Å². The van der Waals surface area contributed by atoms with Crippen LogP contribution in [0.2, 0.25) is 0 Å². The van der Waals surface area contributed by atoms with Crippen LogP contribution < -0.4 is 15.8 Å². The average Bonchev–Trinajstić information content (AvgIpc) is 2.55. The van der Waals surface area contributed by atoms with Crippen LogP contribution in [0.5, 0.6) is 5.75 Å². The Morgan fingerprint density at radius 1 is 1.15 bits per heavy atom. The van der Waals surface area contributed by atoms with E-state index in [4.69, 9.17) is 10.5 Å². The van der Waals surface area contributed by atoms with Gasteiger partial charge < -0.3 is 15.8 Å². The zero-order valence-electron chi connectivity index (χ0n) is 15.6. The van der Waals surface area contributed by atoms with Crippen LogP contribution in [-0.2, 0) is 5.41 Å². The van der Waals surface area contributed by atoms with E-state index in [-0.39, 0.29) is 35.9 Å². The fraction of sp³-hybridized carbons (Fsp3) is 0.350. The van der Waals surface area contributed by atoms with Crippen LogP contribution in [0, 0.1) is 5.82 Å². The molecule has 0 aliphatic rings. The molecule has 2 rings (SSSR count). The lowest BCUT2D eigenvalue weighted by molar-refractivity contribution is 0.242. The van der Waals surface area contributed by atoms with E-state index in [1.807, 2.05) is 58.0 Å². The van der Waals surface area contributed by atoms with Crippen molar-refractivity contribution in [3.8, 4) is 5.75 Å². The van der Waals surface area contributed by atoms with Crippen molar-refractivity contribution in [3.63, 3.8) is 0 Å². The Kier molecular flexibility index (Phi) is 8.33. The van der Waals surface area contributed by atoms with Gasteiger partial charge in [-0.3, -0.25) is 4.99 Å². The first kappa shape index (κ1) is 22.2. The first-order valence-corrected chi connectivity index (χ1v) is 8.36. The van der Waals surface area contributed by atoms with Gasteiger partial charge >= 0.3 is 0 Å². The lowest BCUT2D eigenvalue weighted by Gasteiger charge is -2.23. The molecule has 142 valence electrons. The molecule has 0 unspecified atom stereocenters. The second kappa shape index (κ2) is 9.75. The minimum absolute atomic E-state index is 0. The summed E-state index contributed by atoms with van der Waals surface area (Å²) in [5.41, 5.74) is 6.96. The average molecular weight is 471 g/mol. The van der Waals surface area contributed by atoms with Gasteiger partial charge in [0, 0.05) is 11.1 Å². The number of guanidine groups is 1. The van der Waals surface area contributed by atoms with Crippen molar-refractivity contribution in [2.75, 3.05) is 11.9 Å². The molecule has 0 atom stereocenters. The minimum Gasteiger partial charge on any atom is -0.491 e. The number of benzene rings is 2. The number of ether oxygens (including phenoxy) is 1. The Labute approximate surface area is 172 Å². The van der Waals surface area contributed by atoms with Crippen molar-refractivity contribution >= 4 is 35.6 Å². The van der Waals surface area contributed by atoms with Crippen molar-refractivity contribution in [1.29, 1.82) is 0 Å². The van der Waals surface area contributed by atoms with Gasteiger partial charge in [0.2, 0.25) is 0 Å². The number of anilines is 1. The molecule has 0 aliphatic carbocycles. The van der Waals surface area contributed by atoms with E-state index in [1.54, 1.807) is 12.1 Å². The van der Waals surface area contributed by atoms with Gasteiger partial charge in [0.1, 0.15) is 11.6 Å². The maximum atomic E-state index is 14.0. The second-order valence-corrected chi connectivity index (χ2v) is 6.88. The Morgan fingerprint density at radius 3 is 2.35 bits per heavy atom. The van der Waals surface area contributed by atoms with Gasteiger partial charge in [-0.25, -0.2) is 4.39 Å². The predicted octanol–water partition coefficient (Wildman–Crippen LogP) is 4.94. The molecule has 0 fully saturated rings. The third kappa shape index (κ3) is 6.48. The Bertz CT molecular complexity index is 730. The largest absolute Gasteiger partial charge is 0.491 e. The minimum atomic E-state index is -0.452. The molecule has 0 bridgehead atoms. The summed E-state index contributed by atoms with van der Waals surface area (Å²) >= 11 is 0. The van der Waals surface area contributed by atoms with Gasteiger partial charge in [-0.2, -0.15) is 0 Å². The normalized spacial score (nSPS) is 11.8. The number of nitrogens with two attached hydrogens (primary N) is 1. The molecule has 6 heteroatoms. The zero-order chi connectivity index (χ0) is 18.4. The lowest BCUT2D eigenvalue weighted by Crippen LogP contribution is -2.28. The first-order valence-electron chi connectivity index (χ1n) is 8.36. The molecule has 2 aromatic rings. The molecule has 0 saturated carbocycles. The third-order valence-corrected chi connectivity index (χ3v) is 3.75. The molecule has 3 N–H and O–H groups in total. The van der Waals surface area contributed by atoms with Gasteiger partial charge in [-0.05, 0) is 49.7 Å². The van der Waals surface area contributed by atoms with Crippen molar-refractivity contribution in [3.05, 3.63) is 59.9 Å². The molecule has 0 saturated heterocycles. The van der Waals surface area contributed by atoms with Crippen LogP contribution in [0.4, 0.5) is 10.1 Å². The molecule has 0 amide bonds. The van der Waals surface area contributed by atoms with Crippen molar-refractivity contribution in [1.82, 2.24) is 0 Å². The van der Waals surface area contributed by atoms with Crippen LogP contribution in [0.3, 0.4) is 0 Å². The van der Waals surface area contributed by atoms with E-state index >= 15 is 0 Å². The number of hydrogen-bond donors (Lipinski definition) is 2. The van der Waals surface area contributed by atoms with Crippen LogP contribution >= 0.6 is 24.0 Å². The Morgan fingerprint density at radius 2 is 1.77 bits per heavy atom. The molecular weight excluding hydrogens is 444 g/mol. The fourth-order valence-corrected chi connectivity index (χ4v) is 2.45. The number of nitrogens with one attached hydrogen (secondary N) is 1. The summed E-state index contributed by atoms with van der Waals surface area (Å²) in [5, 5.41) is 3.04. The van der Waals surface area contributed by atoms with E-state index in [0.717, 1.165) is 11.4 Å². The van der Waals surface area contributed by atoms with Crippen molar-refractivity contribution < 1.29 is 9.13 Å². The first-order chi connectivity index (χ1) is 11.8. The molecule has 0 aromatic heterocycles. The highest BCUT2D eigenvalue weighted by Crippen LogP contribution is 2.26. The number of aliphatic imine (C=N–C) groups is 1. The molecule has 2 aromatic carbocycles. The number of nitrogens with zero attached hydrogens (tertiary/aromatic N) is 1. The molecule has 26 heavy (non-hydrogen) atoms. The lowest BCUT2D eigenvalue weighted by atomic mass is 9.84. The molecule has 0 radical (unpaired) electrons. The second-order valence-electron chi connectivity index (χ2n) is 6.88. The highest BCUT2D eigenvalue weighted by Gasteiger charge is 2.23. The molecule has 4 nitrogen and oxygen atoms in total. The monoisotopic (exact) mass is 471 g/mol. The highest BCUT2D eigenvalue weighted by molar-refractivity contribution is 14.0.